The van der Waals surface area contributed by atoms with Crippen molar-refractivity contribution in [3.05, 3.63) is 40.4 Å². The van der Waals surface area contributed by atoms with E-state index in [1.165, 1.54) is 16.7 Å². The summed E-state index contributed by atoms with van der Waals surface area (Å²) in [5.74, 6) is 0. The van der Waals surface area contributed by atoms with Crippen LogP contribution in [0, 0.1) is 0 Å². The van der Waals surface area contributed by atoms with Crippen LogP contribution in [-0.4, -0.2) is 50.8 Å². The van der Waals surface area contributed by atoms with E-state index in [2.05, 4.69) is 22.3 Å². The van der Waals surface area contributed by atoms with Gasteiger partial charge in [0.2, 0.25) is 0 Å². The van der Waals surface area contributed by atoms with E-state index in [-0.39, 0.29) is 0 Å². The molecule has 1 aromatic rings. The van der Waals surface area contributed by atoms with Crippen molar-refractivity contribution in [2.45, 2.75) is 6.42 Å². The molecule has 0 amide bonds. The average molecular weight is 292 g/mol. The minimum absolute atomic E-state index is 0.756. The summed E-state index contributed by atoms with van der Waals surface area (Å²) in [5, 5.41) is 5.20. The summed E-state index contributed by atoms with van der Waals surface area (Å²) >= 11 is 5.98. The van der Waals surface area contributed by atoms with Crippen molar-refractivity contribution in [2.24, 2.45) is 0 Å². The molecule has 0 N–H and O–H groups in total. The first-order chi connectivity index (χ1) is 9.83. The maximum Gasteiger partial charge on any atom is 0.0695 e. The fourth-order valence-electron chi connectivity index (χ4n) is 2.85. The summed E-state index contributed by atoms with van der Waals surface area (Å²) in [5.41, 5.74) is 4.14. The van der Waals surface area contributed by atoms with Gasteiger partial charge in [0.15, 0.2) is 0 Å². The number of rotatable bonds is 3. The lowest BCUT2D eigenvalue weighted by Gasteiger charge is -2.30. The number of ether oxygens (including phenoxy) is 1. The maximum absolute atomic E-state index is 5.98. The minimum atomic E-state index is 0.756. The maximum atomic E-state index is 5.98. The first-order valence-electron chi connectivity index (χ1n) is 7.23. The van der Waals surface area contributed by atoms with Gasteiger partial charge >= 0.3 is 0 Å². The topological polar surface area (TPSA) is 26.6 Å². The average Bonchev–Trinajstić information content (AvgIpc) is 2.50. The Hall–Kier alpha value is -0.870. The standard InChI is InChI=1S/C16H20ClN2O/c17-15-3-1-13(2-4-15)16-5-10-20-12-14(16)11-19-8-6-18-7-9-19/h1-4H,5-12H2. The summed E-state index contributed by atoms with van der Waals surface area (Å²) < 4.78 is 5.67. The van der Waals surface area contributed by atoms with Crippen molar-refractivity contribution < 1.29 is 4.74 Å². The van der Waals surface area contributed by atoms with Crippen LogP contribution in [0.5, 0.6) is 0 Å². The largest absolute Gasteiger partial charge is 0.377 e. The van der Waals surface area contributed by atoms with E-state index in [0.717, 1.165) is 57.4 Å². The first-order valence-corrected chi connectivity index (χ1v) is 7.61. The van der Waals surface area contributed by atoms with E-state index in [1.54, 1.807) is 0 Å². The summed E-state index contributed by atoms with van der Waals surface area (Å²) in [6, 6.07) is 8.18. The van der Waals surface area contributed by atoms with Gasteiger partial charge < -0.3 is 4.74 Å². The molecule has 2 aliphatic rings. The first kappa shape index (κ1) is 14.1. The van der Waals surface area contributed by atoms with Crippen LogP contribution in [-0.2, 0) is 4.74 Å². The predicted molar refractivity (Wildman–Crippen MR) is 82.1 cm³/mol. The van der Waals surface area contributed by atoms with Gasteiger partial charge in [-0.15, -0.1) is 0 Å². The second-order valence-corrected chi connectivity index (χ2v) is 5.77. The van der Waals surface area contributed by atoms with Gasteiger partial charge in [-0.25, -0.2) is 5.32 Å². The van der Waals surface area contributed by atoms with E-state index in [4.69, 9.17) is 16.3 Å². The molecule has 2 aliphatic heterocycles. The molecular weight excluding hydrogens is 272 g/mol. The highest BCUT2D eigenvalue weighted by Gasteiger charge is 2.18. The fraction of sp³-hybridized carbons (Fsp3) is 0.500. The van der Waals surface area contributed by atoms with Crippen molar-refractivity contribution in [3.63, 3.8) is 0 Å². The summed E-state index contributed by atoms with van der Waals surface area (Å²) in [7, 11) is 0. The molecule has 1 saturated heterocycles. The van der Waals surface area contributed by atoms with E-state index in [0.29, 0.717) is 0 Å². The molecule has 4 heteroatoms. The summed E-state index contributed by atoms with van der Waals surface area (Å²) in [6.07, 6.45) is 0.995. The molecule has 3 nitrogen and oxygen atoms in total. The van der Waals surface area contributed by atoms with Gasteiger partial charge in [0.1, 0.15) is 0 Å². The molecule has 0 bridgehead atoms. The Morgan fingerprint density at radius 1 is 1.15 bits per heavy atom. The smallest absolute Gasteiger partial charge is 0.0695 e. The fourth-order valence-corrected chi connectivity index (χ4v) is 2.98. The van der Waals surface area contributed by atoms with Crippen LogP contribution in [0.2, 0.25) is 5.02 Å². The Morgan fingerprint density at radius 3 is 2.65 bits per heavy atom. The van der Waals surface area contributed by atoms with Gasteiger partial charge in [0.25, 0.3) is 0 Å². The molecule has 20 heavy (non-hydrogen) atoms. The van der Waals surface area contributed by atoms with Crippen LogP contribution in [0.25, 0.3) is 5.57 Å². The van der Waals surface area contributed by atoms with Crippen LogP contribution in [0.15, 0.2) is 29.8 Å². The van der Waals surface area contributed by atoms with Crippen molar-refractivity contribution in [2.75, 3.05) is 45.9 Å². The monoisotopic (exact) mass is 291 g/mol. The Balaban J connectivity index is 1.80. The highest BCUT2D eigenvalue weighted by atomic mass is 35.5. The Morgan fingerprint density at radius 2 is 1.90 bits per heavy atom. The van der Waals surface area contributed by atoms with Crippen LogP contribution in [0.4, 0.5) is 0 Å². The van der Waals surface area contributed by atoms with Gasteiger partial charge in [0, 0.05) is 37.7 Å². The van der Waals surface area contributed by atoms with Gasteiger partial charge in [-0.1, -0.05) is 23.7 Å². The molecule has 1 aromatic carbocycles. The summed E-state index contributed by atoms with van der Waals surface area (Å²) in [4.78, 5) is 2.48. The van der Waals surface area contributed by atoms with E-state index >= 15 is 0 Å². The molecule has 1 radical (unpaired) electrons. The van der Waals surface area contributed by atoms with Crippen LogP contribution in [0.3, 0.4) is 0 Å². The van der Waals surface area contributed by atoms with Gasteiger partial charge in [-0.2, -0.15) is 0 Å². The molecule has 0 spiro atoms. The number of nitrogens with zero attached hydrogens (tertiary/aromatic N) is 2. The zero-order valence-corrected chi connectivity index (χ0v) is 12.4. The van der Waals surface area contributed by atoms with Crippen molar-refractivity contribution >= 4 is 17.2 Å². The molecule has 0 aliphatic carbocycles. The Kier molecular flexibility index (Phi) is 4.73. The van der Waals surface area contributed by atoms with E-state index in [9.17, 15) is 0 Å². The number of piperazine rings is 1. The molecular formula is C16H20ClN2O. The molecule has 0 unspecified atom stereocenters. The van der Waals surface area contributed by atoms with Gasteiger partial charge in [-0.3, -0.25) is 4.90 Å². The normalized spacial score (nSPS) is 21.2. The number of hydrogen-bond donors (Lipinski definition) is 0. The van der Waals surface area contributed by atoms with Crippen molar-refractivity contribution in [3.8, 4) is 0 Å². The summed E-state index contributed by atoms with van der Waals surface area (Å²) in [6.45, 7) is 6.64. The predicted octanol–water partition coefficient (Wildman–Crippen LogP) is 2.43. The third-order valence-electron chi connectivity index (χ3n) is 3.96. The highest BCUT2D eigenvalue weighted by molar-refractivity contribution is 6.30. The quantitative estimate of drug-likeness (QED) is 0.855. The van der Waals surface area contributed by atoms with Crippen LogP contribution in [0.1, 0.15) is 12.0 Å². The van der Waals surface area contributed by atoms with E-state index < -0.39 is 0 Å². The molecule has 0 saturated carbocycles. The lowest BCUT2D eigenvalue weighted by atomic mass is 9.95. The molecule has 107 valence electrons. The lowest BCUT2D eigenvalue weighted by molar-refractivity contribution is 0.143. The number of hydrogen-bond acceptors (Lipinski definition) is 2. The minimum Gasteiger partial charge on any atom is -0.377 e. The number of halogens is 1. The third-order valence-corrected chi connectivity index (χ3v) is 4.21. The van der Waals surface area contributed by atoms with Gasteiger partial charge in [-0.05, 0) is 35.3 Å². The van der Waals surface area contributed by atoms with Crippen molar-refractivity contribution in [1.82, 2.24) is 10.2 Å². The Labute approximate surface area is 125 Å². The highest BCUT2D eigenvalue weighted by Crippen LogP contribution is 2.27. The second kappa shape index (κ2) is 6.72. The molecule has 2 heterocycles. The SMILES string of the molecule is Clc1ccc(C2=C(CN3CC[N]CC3)COCC2)cc1. The second-order valence-electron chi connectivity index (χ2n) is 5.34. The zero-order valence-electron chi connectivity index (χ0n) is 11.6. The zero-order chi connectivity index (χ0) is 13.8. The van der Waals surface area contributed by atoms with E-state index in [1.807, 2.05) is 12.1 Å². The van der Waals surface area contributed by atoms with Gasteiger partial charge in [0.05, 0.1) is 13.2 Å². The molecule has 0 aromatic heterocycles. The molecule has 1 fully saturated rings. The van der Waals surface area contributed by atoms with Crippen LogP contribution < -0.4 is 5.32 Å². The molecule has 0 atom stereocenters. The lowest BCUT2D eigenvalue weighted by Crippen LogP contribution is -2.41. The molecule has 3 rings (SSSR count). The Bertz CT molecular complexity index is 478. The number of benzene rings is 1. The van der Waals surface area contributed by atoms with Crippen LogP contribution >= 0.6 is 11.6 Å². The van der Waals surface area contributed by atoms with Crippen molar-refractivity contribution in [1.29, 1.82) is 0 Å². The third kappa shape index (κ3) is 3.41.